The molecular formula is C11H14O3. The lowest BCUT2D eigenvalue weighted by Crippen LogP contribution is -2.35. The van der Waals surface area contributed by atoms with Gasteiger partial charge in [-0.15, -0.1) is 0 Å². The van der Waals surface area contributed by atoms with E-state index in [1.807, 2.05) is 6.07 Å². The molecule has 1 saturated heterocycles. The minimum absolute atomic E-state index is 0.139. The number of rotatable bonds is 1. The Morgan fingerprint density at radius 2 is 2.07 bits per heavy atom. The van der Waals surface area contributed by atoms with Gasteiger partial charge in [0.25, 0.3) is 0 Å². The Hall–Kier alpha value is -1.06. The summed E-state index contributed by atoms with van der Waals surface area (Å²) in [5, 5.41) is 19.9. The van der Waals surface area contributed by atoms with Crippen molar-refractivity contribution in [1.82, 2.24) is 0 Å². The lowest BCUT2D eigenvalue weighted by Gasteiger charge is -2.32. The third kappa shape index (κ3) is 1.61. The van der Waals surface area contributed by atoms with Gasteiger partial charge in [-0.25, -0.2) is 0 Å². The highest BCUT2D eigenvalue weighted by atomic mass is 16.5. The van der Waals surface area contributed by atoms with Crippen LogP contribution in [0.1, 0.15) is 18.4 Å². The quantitative estimate of drug-likeness (QED) is 0.710. The molecule has 1 aliphatic rings. The van der Waals surface area contributed by atoms with Crippen molar-refractivity contribution >= 4 is 0 Å². The molecule has 0 spiro atoms. The van der Waals surface area contributed by atoms with Crippen LogP contribution in [0.25, 0.3) is 0 Å². The van der Waals surface area contributed by atoms with Crippen LogP contribution in [0.3, 0.4) is 0 Å². The zero-order valence-corrected chi connectivity index (χ0v) is 7.94. The SMILES string of the molecule is Oc1ccccc1C1(O)CCCOC1. The zero-order valence-electron chi connectivity index (χ0n) is 7.94. The maximum atomic E-state index is 10.2. The first-order valence-corrected chi connectivity index (χ1v) is 4.81. The number of aromatic hydroxyl groups is 1. The highest BCUT2D eigenvalue weighted by Crippen LogP contribution is 2.35. The van der Waals surface area contributed by atoms with Crippen molar-refractivity contribution in [2.75, 3.05) is 13.2 Å². The Kier molecular flexibility index (Phi) is 2.44. The lowest BCUT2D eigenvalue weighted by molar-refractivity contribution is -0.0912. The third-order valence-electron chi connectivity index (χ3n) is 2.63. The molecule has 1 aromatic rings. The summed E-state index contributed by atoms with van der Waals surface area (Å²) in [5.41, 5.74) is -0.441. The van der Waals surface area contributed by atoms with Gasteiger partial charge in [0.05, 0.1) is 6.61 Å². The Balaban J connectivity index is 2.32. The third-order valence-corrected chi connectivity index (χ3v) is 2.63. The van der Waals surface area contributed by atoms with E-state index in [1.54, 1.807) is 18.2 Å². The van der Waals surface area contributed by atoms with Crippen LogP contribution in [0.2, 0.25) is 0 Å². The average Bonchev–Trinajstić information content (AvgIpc) is 2.19. The zero-order chi connectivity index (χ0) is 10.0. The molecule has 0 amide bonds. The monoisotopic (exact) mass is 194 g/mol. The van der Waals surface area contributed by atoms with Crippen LogP contribution in [0.5, 0.6) is 5.75 Å². The number of phenols is 1. The van der Waals surface area contributed by atoms with Crippen molar-refractivity contribution in [3.8, 4) is 5.75 Å². The molecule has 2 N–H and O–H groups in total. The van der Waals surface area contributed by atoms with E-state index in [-0.39, 0.29) is 12.4 Å². The van der Waals surface area contributed by atoms with Crippen molar-refractivity contribution in [2.24, 2.45) is 0 Å². The molecule has 1 atom stereocenters. The highest BCUT2D eigenvalue weighted by Gasteiger charge is 2.33. The van der Waals surface area contributed by atoms with Crippen molar-refractivity contribution in [1.29, 1.82) is 0 Å². The molecule has 0 bridgehead atoms. The van der Waals surface area contributed by atoms with Crippen LogP contribution in [0.4, 0.5) is 0 Å². The standard InChI is InChI=1S/C11H14O3/c12-10-5-2-1-4-9(10)11(13)6-3-7-14-8-11/h1-2,4-5,12-13H,3,6-8H2. The molecule has 0 aliphatic carbocycles. The Labute approximate surface area is 83.0 Å². The second kappa shape index (κ2) is 3.59. The minimum atomic E-state index is -1.01. The molecule has 2 rings (SSSR count). The molecule has 1 unspecified atom stereocenters. The van der Waals surface area contributed by atoms with Gasteiger partial charge in [-0.2, -0.15) is 0 Å². The first-order valence-electron chi connectivity index (χ1n) is 4.81. The molecule has 1 fully saturated rings. The van der Waals surface area contributed by atoms with Crippen LogP contribution in [-0.2, 0) is 10.3 Å². The lowest BCUT2D eigenvalue weighted by atomic mass is 9.88. The largest absolute Gasteiger partial charge is 0.508 e. The summed E-state index contributed by atoms with van der Waals surface area (Å²) in [7, 11) is 0. The summed E-state index contributed by atoms with van der Waals surface area (Å²) in [6, 6.07) is 6.87. The molecule has 0 radical (unpaired) electrons. The van der Waals surface area contributed by atoms with Gasteiger partial charge < -0.3 is 14.9 Å². The van der Waals surface area contributed by atoms with Gasteiger partial charge in [-0.05, 0) is 18.9 Å². The number of para-hydroxylation sites is 1. The van der Waals surface area contributed by atoms with E-state index in [0.717, 1.165) is 6.42 Å². The van der Waals surface area contributed by atoms with Gasteiger partial charge >= 0.3 is 0 Å². The number of phenolic OH excluding ortho intramolecular Hbond substituents is 1. The van der Waals surface area contributed by atoms with Crippen LogP contribution in [0, 0.1) is 0 Å². The van der Waals surface area contributed by atoms with Crippen molar-refractivity contribution in [3.05, 3.63) is 29.8 Å². The molecule has 14 heavy (non-hydrogen) atoms. The van der Waals surface area contributed by atoms with Crippen LogP contribution < -0.4 is 0 Å². The molecule has 1 aliphatic heterocycles. The summed E-state index contributed by atoms with van der Waals surface area (Å²) >= 11 is 0. The fourth-order valence-electron chi connectivity index (χ4n) is 1.86. The number of aliphatic hydroxyl groups is 1. The highest BCUT2D eigenvalue weighted by molar-refractivity contribution is 5.37. The van der Waals surface area contributed by atoms with Gasteiger partial charge in [0.1, 0.15) is 11.4 Å². The predicted octanol–water partition coefficient (Wildman–Crippen LogP) is 1.39. The predicted molar refractivity (Wildman–Crippen MR) is 52.1 cm³/mol. The van der Waals surface area contributed by atoms with E-state index in [0.29, 0.717) is 18.6 Å². The van der Waals surface area contributed by atoms with E-state index in [2.05, 4.69) is 0 Å². The van der Waals surface area contributed by atoms with Crippen LogP contribution in [0.15, 0.2) is 24.3 Å². The van der Waals surface area contributed by atoms with Gasteiger partial charge in [-0.1, -0.05) is 18.2 Å². The fourth-order valence-corrected chi connectivity index (χ4v) is 1.86. The second-order valence-corrected chi connectivity index (χ2v) is 3.70. The Morgan fingerprint density at radius 3 is 2.71 bits per heavy atom. The Morgan fingerprint density at radius 1 is 1.29 bits per heavy atom. The average molecular weight is 194 g/mol. The molecular weight excluding hydrogens is 180 g/mol. The molecule has 3 heteroatoms. The van der Waals surface area contributed by atoms with Crippen LogP contribution in [-0.4, -0.2) is 23.4 Å². The van der Waals surface area contributed by atoms with E-state index < -0.39 is 5.60 Å². The Bertz CT molecular complexity index is 316. The van der Waals surface area contributed by atoms with E-state index >= 15 is 0 Å². The topological polar surface area (TPSA) is 49.7 Å². The second-order valence-electron chi connectivity index (χ2n) is 3.70. The maximum Gasteiger partial charge on any atom is 0.121 e. The van der Waals surface area contributed by atoms with Gasteiger partial charge in [-0.3, -0.25) is 0 Å². The van der Waals surface area contributed by atoms with Crippen molar-refractivity contribution in [2.45, 2.75) is 18.4 Å². The van der Waals surface area contributed by atoms with E-state index in [9.17, 15) is 10.2 Å². The van der Waals surface area contributed by atoms with Gasteiger partial charge in [0.2, 0.25) is 0 Å². The fraction of sp³-hybridized carbons (Fsp3) is 0.455. The summed E-state index contributed by atoms with van der Waals surface area (Å²) < 4.78 is 5.23. The summed E-state index contributed by atoms with van der Waals surface area (Å²) in [6.07, 6.45) is 1.47. The molecule has 0 aromatic heterocycles. The number of ether oxygens (including phenoxy) is 1. The van der Waals surface area contributed by atoms with Gasteiger partial charge in [0, 0.05) is 12.2 Å². The van der Waals surface area contributed by atoms with Crippen molar-refractivity contribution in [3.63, 3.8) is 0 Å². The van der Waals surface area contributed by atoms with Crippen molar-refractivity contribution < 1.29 is 14.9 Å². The molecule has 3 nitrogen and oxygen atoms in total. The van der Waals surface area contributed by atoms with E-state index in [4.69, 9.17) is 4.74 Å². The molecule has 1 aromatic carbocycles. The molecule has 76 valence electrons. The molecule has 1 heterocycles. The normalized spacial score (nSPS) is 27.5. The van der Waals surface area contributed by atoms with Crippen LogP contribution >= 0.6 is 0 Å². The summed E-state index contributed by atoms with van der Waals surface area (Å²) in [4.78, 5) is 0. The smallest absolute Gasteiger partial charge is 0.121 e. The minimum Gasteiger partial charge on any atom is -0.508 e. The van der Waals surface area contributed by atoms with E-state index in [1.165, 1.54) is 0 Å². The summed E-state index contributed by atoms with van der Waals surface area (Å²) in [6.45, 7) is 0.959. The maximum absolute atomic E-state index is 10.2. The first kappa shape index (κ1) is 9.49. The summed E-state index contributed by atoms with van der Waals surface area (Å²) in [5.74, 6) is 0.139. The molecule has 0 saturated carbocycles. The number of benzene rings is 1. The first-order chi connectivity index (χ1) is 6.72. The number of hydrogen-bond donors (Lipinski definition) is 2. The van der Waals surface area contributed by atoms with Gasteiger partial charge in [0.15, 0.2) is 0 Å². The number of hydrogen-bond acceptors (Lipinski definition) is 3.